The Labute approximate surface area is 396 Å². The number of carbonyl (C=O) groups excluding carboxylic acids is 1. The molecule has 0 unspecified atom stereocenters. The summed E-state index contributed by atoms with van der Waals surface area (Å²) < 4.78 is 35.1. The van der Waals surface area contributed by atoms with Crippen LogP contribution >= 0.6 is 0 Å². The normalized spacial score (nSPS) is 53.4. The predicted octanol–water partition coefficient (Wildman–Crippen LogP) is -0.795. The Hall–Kier alpha value is -1.96. The van der Waals surface area contributed by atoms with E-state index in [1.54, 1.807) is 0 Å². The minimum absolute atomic E-state index is 0.0983. The van der Waals surface area contributed by atoms with Gasteiger partial charge in [0.15, 0.2) is 18.7 Å². The van der Waals surface area contributed by atoms with Crippen LogP contribution in [0, 0.1) is 50.2 Å². The van der Waals surface area contributed by atoms with E-state index in [2.05, 4.69) is 40.7 Å². The largest absolute Gasteiger partial charge is 0.479 e. The second kappa shape index (κ2) is 18.5. The third-order valence-corrected chi connectivity index (χ3v) is 19.4. The fourth-order valence-corrected chi connectivity index (χ4v) is 15.0. The number of hydrogen-bond acceptors (Lipinski definition) is 19. The van der Waals surface area contributed by atoms with Crippen LogP contribution in [0.5, 0.6) is 0 Å². The molecule has 0 aromatic heterocycles. The summed E-state index contributed by atoms with van der Waals surface area (Å²) in [6.45, 7) is 11.7. The number of aliphatic hydroxyl groups is 11. The second-order valence-corrected chi connectivity index (χ2v) is 23.3. The number of carboxylic acids is 1. The first-order valence-corrected chi connectivity index (χ1v) is 24.5. The minimum atomic E-state index is -2.01. The molecule has 388 valence electrons. The first-order valence-electron chi connectivity index (χ1n) is 24.5. The lowest BCUT2D eigenvalue weighted by Gasteiger charge is -2.71. The molecule has 8 aliphatic rings. The SMILES string of the molecule is CC1(C)CC[C@]2(C(=O)O[C@@H]3O[C@H](CO)[C@@H](O)[C@H](O)[C@H]3O)CC[C@]3(C)C(=CC[C@@H]4[C@@]5(C)CC[C@H](O[C@@H]6O[C@H](CO)[C@H](O)[C@H](O[C@@H]7O[C@H](C(=O)O)[C@@H](O)[C@H](O)[C@H]7O)[C@H]6O)[C@@](C)(CO)[C@@H]5CC[C@]43C)[C@@H]2C1. The Balaban J connectivity index is 1.03. The molecule has 5 aliphatic carbocycles. The zero-order valence-electron chi connectivity index (χ0n) is 39.9. The van der Waals surface area contributed by atoms with Gasteiger partial charge < -0.3 is 89.7 Å². The standard InChI is InChI=1S/C48H76O20/c1-43(2)13-15-48(42(62)68-39-33(57)30(54)28(52)23(18-49)63-39)16-14-46(5)21(22(48)17-43)7-8-26-44(3)11-10-27(45(4,20-51)25(44)9-12-47(26,46)6)65-41-35(59)36(29(53)24(19-50)64-41)66-40-34(58)31(55)32(56)37(67-40)38(60)61/h7,22-37,39-41,49-59H,8-20H2,1-6H3,(H,60,61)/t22-,23+,24+,25+,26+,27-,28+,29-,30-,31-,32-,33+,34+,35+,36-,37-,39-,40+,41-,44-,45-,46+,47+,48-/m0/s1. The van der Waals surface area contributed by atoms with E-state index < -0.39 is 134 Å². The van der Waals surface area contributed by atoms with E-state index in [1.165, 1.54) is 5.57 Å². The first-order chi connectivity index (χ1) is 31.8. The highest BCUT2D eigenvalue weighted by molar-refractivity contribution is 5.79. The van der Waals surface area contributed by atoms with Crippen molar-refractivity contribution in [1.29, 1.82) is 0 Å². The van der Waals surface area contributed by atoms with E-state index in [1.807, 2.05) is 6.92 Å². The summed E-state index contributed by atoms with van der Waals surface area (Å²) >= 11 is 0. The average molecular weight is 973 g/mol. The van der Waals surface area contributed by atoms with Gasteiger partial charge in [0.05, 0.1) is 31.3 Å². The maximum atomic E-state index is 14.7. The molecule has 0 bridgehead atoms. The van der Waals surface area contributed by atoms with Crippen molar-refractivity contribution in [2.75, 3.05) is 19.8 Å². The molecule has 12 N–H and O–H groups in total. The number of aliphatic hydroxyl groups excluding tert-OH is 11. The molecule has 68 heavy (non-hydrogen) atoms. The lowest BCUT2D eigenvalue weighted by Crippen LogP contribution is -2.67. The average Bonchev–Trinajstić information content (AvgIpc) is 3.29. The van der Waals surface area contributed by atoms with Gasteiger partial charge in [-0.1, -0.05) is 53.2 Å². The van der Waals surface area contributed by atoms with Gasteiger partial charge in [0.25, 0.3) is 0 Å². The van der Waals surface area contributed by atoms with Crippen molar-refractivity contribution in [1.82, 2.24) is 0 Å². The van der Waals surface area contributed by atoms with Crippen LogP contribution in [0.25, 0.3) is 0 Å². The van der Waals surface area contributed by atoms with Gasteiger partial charge >= 0.3 is 11.9 Å². The topological polar surface area (TPSA) is 332 Å². The second-order valence-electron chi connectivity index (χ2n) is 23.3. The summed E-state index contributed by atoms with van der Waals surface area (Å²) in [5.74, 6) is -2.35. The summed E-state index contributed by atoms with van der Waals surface area (Å²) in [6, 6.07) is 0. The van der Waals surface area contributed by atoms with E-state index in [9.17, 15) is 70.9 Å². The minimum Gasteiger partial charge on any atom is -0.479 e. The van der Waals surface area contributed by atoms with Crippen molar-refractivity contribution < 1.29 is 99.3 Å². The highest BCUT2D eigenvalue weighted by Gasteiger charge is 2.70. The Bertz CT molecular complexity index is 1900. The van der Waals surface area contributed by atoms with Gasteiger partial charge in [-0.3, -0.25) is 4.79 Å². The molecule has 0 spiro atoms. The van der Waals surface area contributed by atoms with E-state index in [-0.39, 0.29) is 46.0 Å². The van der Waals surface area contributed by atoms with Gasteiger partial charge in [0.1, 0.15) is 67.1 Å². The lowest BCUT2D eigenvalue weighted by molar-refractivity contribution is -0.368. The van der Waals surface area contributed by atoms with Crippen molar-refractivity contribution >= 4 is 11.9 Å². The van der Waals surface area contributed by atoms with E-state index in [0.717, 1.165) is 19.3 Å². The molecule has 20 heteroatoms. The van der Waals surface area contributed by atoms with Gasteiger partial charge in [0, 0.05) is 5.41 Å². The molecule has 24 atom stereocenters. The lowest BCUT2D eigenvalue weighted by atomic mass is 9.33. The summed E-state index contributed by atoms with van der Waals surface area (Å²) in [5, 5.41) is 127. The Morgan fingerprint density at radius 3 is 1.90 bits per heavy atom. The number of esters is 1. The fourth-order valence-electron chi connectivity index (χ4n) is 15.0. The van der Waals surface area contributed by atoms with Crippen LogP contribution in [0.1, 0.15) is 106 Å². The van der Waals surface area contributed by atoms with Crippen LogP contribution < -0.4 is 0 Å². The number of hydrogen-bond donors (Lipinski definition) is 12. The van der Waals surface area contributed by atoms with E-state index in [4.69, 9.17) is 28.4 Å². The van der Waals surface area contributed by atoms with Crippen LogP contribution in [0.2, 0.25) is 0 Å². The van der Waals surface area contributed by atoms with Gasteiger partial charge in [-0.05, 0) is 104 Å². The maximum absolute atomic E-state index is 14.7. The van der Waals surface area contributed by atoms with Crippen molar-refractivity contribution in [3.63, 3.8) is 0 Å². The number of ether oxygens (including phenoxy) is 6. The molecule has 3 saturated heterocycles. The highest BCUT2D eigenvalue weighted by Crippen LogP contribution is 2.76. The number of fused-ring (bicyclic) bond motifs is 7. The Morgan fingerprint density at radius 2 is 1.25 bits per heavy atom. The molecule has 4 saturated carbocycles. The van der Waals surface area contributed by atoms with Crippen LogP contribution in [0.15, 0.2) is 11.6 Å². The van der Waals surface area contributed by atoms with Crippen molar-refractivity contribution in [3.8, 4) is 0 Å². The van der Waals surface area contributed by atoms with Crippen molar-refractivity contribution in [2.24, 2.45) is 50.2 Å². The third kappa shape index (κ3) is 8.03. The quantitative estimate of drug-likeness (QED) is 0.0725. The third-order valence-electron chi connectivity index (χ3n) is 19.4. The number of allylic oxidation sites excluding steroid dienone is 2. The van der Waals surface area contributed by atoms with Gasteiger partial charge in [-0.25, -0.2) is 4.79 Å². The number of carboxylic acid groups (broad SMARTS) is 1. The molecule has 0 aromatic rings. The molecule has 7 fully saturated rings. The zero-order valence-corrected chi connectivity index (χ0v) is 39.9. The van der Waals surface area contributed by atoms with Gasteiger partial charge in [-0.2, -0.15) is 0 Å². The Kier molecular flexibility index (Phi) is 14.3. The molecule has 0 aromatic carbocycles. The maximum Gasteiger partial charge on any atom is 0.335 e. The summed E-state index contributed by atoms with van der Waals surface area (Å²) in [5.41, 5.74) is -1.65. The van der Waals surface area contributed by atoms with Gasteiger partial charge in [0.2, 0.25) is 6.29 Å². The van der Waals surface area contributed by atoms with E-state index >= 15 is 0 Å². The first kappa shape index (κ1) is 52.4. The molecule has 3 aliphatic heterocycles. The summed E-state index contributed by atoms with van der Waals surface area (Å²) in [6.07, 6.45) is -17.8. The fraction of sp³-hybridized carbons (Fsp3) is 0.917. The molecule has 0 amide bonds. The molecule has 20 nitrogen and oxygen atoms in total. The Morgan fingerprint density at radius 1 is 0.647 bits per heavy atom. The van der Waals surface area contributed by atoms with E-state index in [0.29, 0.717) is 44.9 Å². The smallest absolute Gasteiger partial charge is 0.335 e. The van der Waals surface area contributed by atoms with Crippen molar-refractivity contribution in [3.05, 3.63) is 11.6 Å². The monoisotopic (exact) mass is 972 g/mol. The number of carbonyl (C=O) groups is 2. The predicted molar refractivity (Wildman–Crippen MR) is 232 cm³/mol. The molecule has 3 heterocycles. The van der Waals surface area contributed by atoms with Crippen molar-refractivity contribution in [2.45, 2.75) is 204 Å². The van der Waals surface area contributed by atoms with Crippen LogP contribution in [-0.4, -0.2) is 191 Å². The highest BCUT2D eigenvalue weighted by atomic mass is 16.7. The zero-order chi connectivity index (χ0) is 49.8. The summed E-state index contributed by atoms with van der Waals surface area (Å²) in [4.78, 5) is 26.4. The molecular weight excluding hydrogens is 897 g/mol. The van der Waals surface area contributed by atoms with Gasteiger partial charge in [-0.15, -0.1) is 0 Å². The van der Waals surface area contributed by atoms with Crippen LogP contribution in [0.3, 0.4) is 0 Å². The summed E-state index contributed by atoms with van der Waals surface area (Å²) in [7, 11) is 0. The molecule has 0 radical (unpaired) electrons. The number of rotatable bonds is 10. The van der Waals surface area contributed by atoms with Crippen LogP contribution in [-0.2, 0) is 38.0 Å². The van der Waals surface area contributed by atoms with Crippen LogP contribution in [0.4, 0.5) is 0 Å². The molecular formula is C48H76O20. The number of aliphatic carboxylic acids is 1. The molecule has 8 rings (SSSR count).